The van der Waals surface area contributed by atoms with Crippen LogP contribution in [0.15, 0.2) is 42.5 Å². The predicted octanol–water partition coefficient (Wildman–Crippen LogP) is 4.94. The number of anilines is 2. The number of aryl methyl sites for hydroxylation is 2. The van der Waals surface area contributed by atoms with Gasteiger partial charge in [0.2, 0.25) is 0 Å². The molecular weight excluding hydrogens is 396 g/mol. The van der Waals surface area contributed by atoms with Crippen molar-refractivity contribution in [2.45, 2.75) is 33.7 Å². The van der Waals surface area contributed by atoms with E-state index in [0.717, 1.165) is 34.7 Å². The second kappa shape index (κ2) is 9.63. The summed E-state index contributed by atoms with van der Waals surface area (Å²) in [5.41, 5.74) is 6.13. The summed E-state index contributed by atoms with van der Waals surface area (Å²) >= 11 is 5.51. The van der Waals surface area contributed by atoms with Crippen LogP contribution in [-0.2, 0) is 13.0 Å². The van der Waals surface area contributed by atoms with E-state index in [1.165, 1.54) is 5.56 Å². The molecule has 1 heterocycles. The van der Waals surface area contributed by atoms with E-state index in [9.17, 15) is 0 Å². The Balaban J connectivity index is 1.72. The first-order chi connectivity index (χ1) is 14.4. The summed E-state index contributed by atoms with van der Waals surface area (Å²) in [6.07, 6.45) is 1.01. The van der Waals surface area contributed by atoms with Crippen molar-refractivity contribution in [2.75, 3.05) is 24.9 Å². The first kappa shape index (κ1) is 21.6. The highest BCUT2D eigenvalue weighted by molar-refractivity contribution is 7.80. The number of methoxy groups -OCH3 is 2. The smallest absolute Gasteiger partial charge is 0.175 e. The molecule has 0 saturated carbocycles. The van der Waals surface area contributed by atoms with Crippen LogP contribution in [0.3, 0.4) is 0 Å². The maximum Gasteiger partial charge on any atom is 0.175 e. The third-order valence-corrected chi connectivity index (χ3v) is 5.22. The third kappa shape index (κ3) is 4.91. The number of nitrogens with zero attached hydrogens (tertiary/aromatic N) is 2. The Hall–Kier alpha value is -3.06. The van der Waals surface area contributed by atoms with E-state index in [1.807, 2.05) is 48.9 Å². The van der Waals surface area contributed by atoms with E-state index in [1.54, 1.807) is 14.2 Å². The van der Waals surface area contributed by atoms with Crippen LogP contribution in [-0.4, -0.2) is 29.1 Å². The lowest BCUT2D eigenvalue weighted by molar-refractivity contribution is 0.354. The van der Waals surface area contributed by atoms with E-state index < -0.39 is 0 Å². The zero-order chi connectivity index (χ0) is 21.7. The summed E-state index contributed by atoms with van der Waals surface area (Å²) in [6.45, 7) is 6.76. The van der Waals surface area contributed by atoms with Crippen LogP contribution in [0, 0.1) is 13.8 Å². The van der Waals surface area contributed by atoms with Crippen molar-refractivity contribution >= 4 is 28.7 Å². The van der Waals surface area contributed by atoms with Crippen LogP contribution in [0.1, 0.15) is 29.4 Å². The monoisotopic (exact) mass is 424 g/mol. The van der Waals surface area contributed by atoms with Crippen molar-refractivity contribution < 1.29 is 9.47 Å². The molecule has 30 heavy (non-hydrogen) atoms. The van der Waals surface area contributed by atoms with Gasteiger partial charge < -0.3 is 20.1 Å². The molecule has 0 radical (unpaired) electrons. The Morgan fingerprint density at radius 3 is 2.27 bits per heavy atom. The minimum atomic E-state index is 0.538. The second-order valence-corrected chi connectivity index (χ2v) is 7.43. The van der Waals surface area contributed by atoms with E-state index in [4.69, 9.17) is 21.7 Å². The van der Waals surface area contributed by atoms with Crippen LogP contribution in [0.4, 0.5) is 11.4 Å². The van der Waals surface area contributed by atoms with Gasteiger partial charge >= 0.3 is 0 Å². The molecule has 6 nitrogen and oxygen atoms in total. The number of nitrogens with one attached hydrogen (secondary N) is 2. The minimum Gasteiger partial charge on any atom is -0.493 e. The predicted molar refractivity (Wildman–Crippen MR) is 126 cm³/mol. The number of hydrogen-bond acceptors (Lipinski definition) is 4. The van der Waals surface area contributed by atoms with E-state index >= 15 is 0 Å². The molecule has 0 aliphatic heterocycles. The molecule has 0 saturated heterocycles. The molecule has 0 fully saturated rings. The average molecular weight is 425 g/mol. The molecule has 1 aromatic heterocycles. The fourth-order valence-electron chi connectivity index (χ4n) is 3.28. The Morgan fingerprint density at radius 1 is 0.967 bits per heavy atom. The number of aromatic nitrogens is 2. The summed E-state index contributed by atoms with van der Waals surface area (Å²) in [5.74, 6) is 1.41. The first-order valence-electron chi connectivity index (χ1n) is 9.87. The van der Waals surface area contributed by atoms with Crippen LogP contribution < -0.4 is 20.1 Å². The summed E-state index contributed by atoms with van der Waals surface area (Å²) in [6, 6.07) is 14.2. The first-order valence-corrected chi connectivity index (χ1v) is 10.3. The topological polar surface area (TPSA) is 60.3 Å². The van der Waals surface area contributed by atoms with Gasteiger partial charge in [-0.3, -0.25) is 4.68 Å². The molecule has 0 bridgehead atoms. The van der Waals surface area contributed by atoms with Crippen LogP contribution >= 0.6 is 12.2 Å². The summed E-state index contributed by atoms with van der Waals surface area (Å²) in [5, 5.41) is 11.7. The second-order valence-electron chi connectivity index (χ2n) is 7.02. The maximum absolute atomic E-state index is 5.51. The highest BCUT2D eigenvalue weighted by atomic mass is 32.1. The van der Waals surface area contributed by atoms with Crippen molar-refractivity contribution in [3.8, 4) is 11.5 Å². The summed E-state index contributed by atoms with van der Waals surface area (Å²) < 4.78 is 12.7. The molecule has 0 unspecified atom stereocenters. The molecule has 0 atom stereocenters. The lowest BCUT2D eigenvalue weighted by atomic mass is 10.1. The van der Waals surface area contributed by atoms with Gasteiger partial charge in [-0.25, -0.2) is 0 Å². The Labute approximate surface area is 183 Å². The largest absolute Gasteiger partial charge is 0.493 e. The number of rotatable bonds is 7. The SMILES string of the molecule is CCc1ccc(NC(=S)Nc2c(C)nn(Cc3ccc(OC)c(OC)c3)c2C)cc1. The lowest BCUT2D eigenvalue weighted by Crippen LogP contribution is -2.20. The van der Waals surface area contributed by atoms with Crippen LogP contribution in [0.5, 0.6) is 11.5 Å². The van der Waals surface area contributed by atoms with Gasteiger partial charge in [0.15, 0.2) is 16.6 Å². The number of ether oxygens (including phenoxy) is 2. The number of hydrogen-bond donors (Lipinski definition) is 2. The van der Waals surface area contributed by atoms with Gasteiger partial charge in [-0.1, -0.05) is 25.1 Å². The van der Waals surface area contributed by atoms with Crippen LogP contribution in [0.25, 0.3) is 0 Å². The molecule has 0 aliphatic carbocycles. The van der Waals surface area contributed by atoms with E-state index in [2.05, 4.69) is 34.8 Å². The molecule has 7 heteroatoms. The Morgan fingerprint density at radius 2 is 1.63 bits per heavy atom. The average Bonchev–Trinajstić information content (AvgIpc) is 3.01. The van der Waals surface area contributed by atoms with Gasteiger partial charge in [-0.15, -0.1) is 0 Å². The van der Waals surface area contributed by atoms with Gasteiger partial charge in [-0.05, 0) is 67.9 Å². The number of thiocarbonyl (C=S) groups is 1. The quantitative estimate of drug-likeness (QED) is 0.524. The zero-order valence-electron chi connectivity index (χ0n) is 18.1. The molecule has 0 aliphatic rings. The van der Waals surface area contributed by atoms with Crippen molar-refractivity contribution in [3.63, 3.8) is 0 Å². The van der Waals surface area contributed by atoms with Crippen molar-refractivity contribution in [1.82, 2.24) is 9.78 Å². The normalized spacial score (nSPS) is 10.6. The molecule has 158 valence electrons. The summed E-state index contributed by atoms with van der Waals surface area (Å²) in [7, 11) is 3.27. The molecule has 2 aromatic carbocycles. The third-order valence-electron chi connectivity index (χ3n) is 5.02. The molecule has 0 amide bonds. The highest BCUT2D eigenvalue weighted by Crippen LogP contribution is 2.28. The fraction of sp³-hybridized carbons (Fsp3) is 0.304. The molecule has 3 aromatic rings. The summed E-state index contributed by atoms with van der Waals surface area (Å²) in [4.78, 5) is 0. The van der Waals surface area contributed by atoms with Gasteiger partial charge in [0.25, 0.3) is 0 Å². The van der Waals surface area contributed by atoms with Gasteiger partial charge in [0.1, 0.15) is 0 Å². The highest BCUT2D eigenvalue weighted by Gasteiger charge is 2.14. The van der Waals surface area contributed by atoms with Gasteiger partial charge in [-0.2, -0.15) is 5.10 Å². The zero-order valence-corrected chi connectivity index (χ0v) is 18.9. The van der Waals surface area contributed by atoms with Crippen molar-refractivity contribution in [2.24, 2.45) is 0 Å². The Kier molecular flexibility index (Phi) is 6.95. The van der Waals surface area contributed by atoms with Crippen molar-refractivity contribution in [3.05, 3.63) is 65.0 Å². The molecule has 0 spiro atoms. The minimum absolute atomic E-state index is 0.538. The van der Waals surface area contributed by atoms with Crippen LogP contribution in [0.2, 0.25) is 0 Å². The molecule has 2 N–H and O–H groups in total. The fourth-order valence-corrected chi connectivity index (χ4v) is 3.50. The number of benzene rings is 2. The molecule has 3 rings (SSSR count). The van der Waals surface area contributed by atoms with E-state index in [0.29, 0.717) is 23.2 Å². The van der Waals surface area contributed by atoms with Gasteiger partial charge in [0.05, 0.1) is 37.8 Å². The standard InChI is InChI=1S/C23H28N4O2S/c1-6-17-7-10-19(11-8-17)24-23(30)25-22-15(2)26-27(16(22)3)14-18-9-12-20(28-4)21(13-18)29-5/h7-13H,6,14H2,1-5H3,(H2,24,25,30). The Bertz CT molecular complexity index is 1030. The molecular formula is C23H28N4O2S. The maximum atomic E-state index is 5.51. The van der Waals surface area contributed by atoms with E-state index in [-0.39, 0.29) is 0 Å². The van der Waals surface area contributed by atoms with Crippen molar-refractivity contribution in [1.29, 1.82) is 0 Å². The van der Waals surface area contributed by atoms with Gasteiger partial charge in [0, 0.05) is 5.69 Å². The lowest BCUT2D eigenvalue weighted by Gasteiger charge is -2.12.